The van der Waals surface area contributed by atoms with Crippen molar-refractivity contribution in [2.24, 2.45) is 5.92 Å². The molecule has 2 aromatic carbocycles. The second-order valence-electron chi connectivity index (χ2n) is 7.85. The Morgan fingerprint density at radius 2 is 1.74 bits per heavy atom. The number of aromatic nitrogens is 1. The van der Waals surface area contributed by atoms with Gasteiger partial charge in [0.1, 0.15) is 0 Å². The van der Waals surface area contributed by atoms with E-state index in [1.165, 1.54) is 33.2 Å². The topological polar surface area (TPSA) is 20.2 Å². The Morgan fingerprint density at radius 3 is 2.41 bits per heavy atom. The fraction of sp³-hybridized carbons (Fsp3) is 0.391. The van der Waals surface area contributed by atoms with Gasteiger partial charge in [0.15, 0.2) is 0 Å². The lowest BCUT2D eigenvalue weighted by Gasteiger charge is -2.09. The van der Waals surface area contributed by atoms with Gasteiger partial charge in [0.2, 0.25) is 0 Å². The molecule has 3 nitrogen and oxygen atoms in total. The van der Waals surface area contributed by atoms with Gasteiger partial charge in [0, 0.05) is 42.3 Å². The summed E-state index contributed by atoms with van der Waals surface area (Å²) in [6.07, 6.45) is 3.39. The smallest absolute Gasteiger partial charge is 0.0489 e. The van der Waals surface area contributed by atoms with E-state index in [4.69, 9.17) is 0 Å². The summed E-state index contributed by atoms with van der Waals surface area (Å²) in [6.45, 7) is 8.71. The fourth-order valence-electron chi connectivity index (χ4n) is 3.40. The Balaban J connectivity index is 1.91. The van der Waals surface area contributed by atoms with Crippen LogP contribution in [0.2, 0.25) is 0 Å². The van der Waals surface area contributed by atoms with Crippen LogP contribution in [0.4, 0.5) is 0 Å². The van der Waals surface area contributed by atoms with E-state index in [0.717, 1.165) is 19.5 Å². The number of aryl methyl sites for hydroxylation is 1. The number of rotatable bonds is 8. The van der Waals surface area contributed by atoms with Crippen molar-refractivity contribution in [2.75, 3.05) is 20.6 Å². The summed E-state index contributed by atoms with van der Waals surface area (Å²) in [5.41, 5.74) is 6.64. The Kier molecular flexibility index (Phi) is 6.64. The standard InChI is InChI=1S/C23H31N3S/c1-17(2)15-26-16-21(12-13-24-27-25(4)5)22-11-10-20(14-23(22)26)19-8-6-18(3)7-9-19/h6-11,14,16-17,24H,12-13,15H2,1-5H3. The predicted octanol–water partition coefficient (Wildman–Crippen LogP) is 5.53. The maximum Gasteiger partial charge on any atom is 0.0489 e. The Morgan fingerprint density at radius 1 is 1.04 bits per heavy atom. The van der Waals surface area contributed by atoms with E-state index in [1.54, 1.807) is 12.1 Å². The van der Waals surface area contributed by atoms with Gasteiger partial charge < -0.3 is 4.57 Å². The first kappa shape index (κ1) is 20.0. The van der Waals surface area contributed by atoms with Crippen molar-refractivity contribution < 1.29 is 0 Å². The summed E-state index contributed by atoms with van der Waals surface area (Å²) in [5.74, 6) is 0.624. The zero-order valence-electron chi connectivity index (χ0n) is 17.1. The molecule has 3 rings (SSSR count). The first-order valence-corrected chi connectivity index (χ1v) is 10.5. The van der Waals surface area contributed by atoms with Gasteiger partial charge in [-0.25, -0.2) is 4.31 Å². The van der Waals surface area contributed by atoms with Gasteiger partial charge in [-0.3, -0.25) is 4.72 Å². The highest BCUT2D eigenvalue weighted by Crippen LogP contribution is 2.29. The van der Waals surface area contributed by atoms with Crippen LogP contribution < -0.4 is 4.72 Å². The number of nitrogens with zero attached hydrogens (tertiary/aromatic N) is 2. The number of benzene rings is 2. The normalized spacial score (nSPS) is 11.8. The molecule has 0 aliphatic rings. The quantitative estimate of drug-likeness (QED) is 0.409. The van der Waals surface area contributed by atoms with Crippen molar-refractivity contribution in [3.63, 3.8) is 0 Å². The fourth-order valence-corrected chi connectivity index (χ4v) is 3.85. The highest BCUT2D eigenvalue weighted by Gasteiger charge is 2.11. The first-order chi connectivity index (χ1) is 12.9. The SMILES string of the molecule is Cc1ccc(-c2ccc3c(CCNSN(C)C)cn(CC(C)C)c3c2)cc1. The number of hydrogen-bond acceptors (Lipinski definition) is 3. The average molecular weight is 382 g/mol. The van der Waals surface area contributed by atoms with Crippen molar-refractivity contribution in [3.05, 3.63) is 59.8 Å². The van der Waals surface area contributed by atoms with Gasteiger partial charge in [-0.05, 0) is 56.1 Å². The summed E-state index contributed by atoms with van der Waals surface area (Å²) in [5, 5.41) is 1.38. The molecule has 1 heterocycles. The summed E-state index contributed by atoms with van der Waals surface area (Å²) in [7, 11) is 4.11. The molecule has 4 heteroatoms. The van der Waals surface area contributed by atoms with E-state index >= 15 is 0 Å². The molecule has 1 aromatic heterocycles. The third kappa shape index (κ3) is 5.16. The van der Waals surface area contributed by atoms with Crippen molar-refractivity contribution in [3.8, 4) is 11.1 Å². The predicted molar refractivity (Wildman–Crippen MR) is 120 cm³/mol. The van der Waals surface area contributed by atoms with Crippen molar-refractivity contribution in [1.82, 2.24) is 13.6 Å². The number of fused-ring (bicyclic) bond motifs is 1. The molecule has 1 N–H and O–H groups in total. The molecule has 0 amide bonds. The summed E-state index contributed by atoms with van der Waals surface area (Å²) >= 11 is 1.65. The Labute approximate surface area is 168 Å². The highest BCUT2D eigenvalue weighted by atomic mass is 32.2. The van der Waals surface area contributed by atoms with Gasteiger partial charge in [-0.2, -0.15) is 0 Å². The van der Waals surface area contributed by atoms with Crippen LogP contribution in [-0.2, 0) is 13.0 Å². The molecule has 0 fully saturated rings. The van der Waals surface area contributed by atoms with E-state index in [0.29, 0.717) is 5.92 Å². The van der Waals surface area contributed by atoms with Gasteiger partial charge in [-0.1, -0.05) is 55.8 Å². The number of hydrogen-bond donors (Lipinski definition) is 1. The zero-order chi connectivity index (χ0) is 19.4. The van der Waals surface area contributed by atoms with Gasteiger partial charge in [-0.15, -0.1) is 0 Å². The van der Waals surface area contributed by atoms with Crippen LogP contribution in [0.5, 0.6) is 0 Å². The molecule has 0 saturated heterocycles. The first-order valence-electron chi connectivity index (χ1n) is 9.70. The zero-order valence-corrected chi connectivity index (χ0v) is 17.9. The Bertz CT molecular complexity index is 879. The number of nitrogens with one attached hydrogen (secondary N) is 1. The third-order valence-electron chi connectivity index (χ3n) is 4.66. The lowest BCUT2D eigenvalue weighted by atomic mass is 10.0. The lowest BCUT2D eigenvalue weighted by molar-refractivity contribution is 0.534. The van der Waals surface area contributed by atoms with Crippen molar-refractivity contribution in [1.29, 1.82) is 0 Å². The van der Waals surface area contributed by atoms with E-state index in [-0.39, 0.29) is 0 Å². The third-order valence-corrected chi connectivity index (χ3v) is 5.35. The molecule has 0 saturated carbocycles. The maximum absolute atomic E-state index is 3.42. The van der Waals surface area contributed by atoms with Crippen molar-refractivity contribution >= 4 is 23.0 Å². The van der Waals surface area contributed by atoms with Crippen molar-refractivity contribution in [2.45, 2.75) is 33.7 Å². The van der Waals surface area contributed by atoms with E-state index in [1.807, 2.05) is 0 Å². The largest absolute Gasteiger partial charge is 0.347 e. The molecule has 0 atom stereocenters. The second kappa shape index (κ2) is 8.96. The van der Waals surface area contributed by atoms with Crippen LogP contribution in [0.15, 0.2) is 48.7 Å². The minimum Gasteiger partial charge on any atom is -0.347 e. The van der Waals surface area contributed by atoms with Crippen LogP contribution >= 0.6 is 12.1 Å². The molecule has 144 valence electrons. The average Bonchev–Trinajstić information content (AvgIpc) is 2.95. The van der Waals surface area contributed by atoms with Crippen LogP contribution in [-0.4, -0.2) is 29.5 Å². The maximum atomic E-state index is 3.42. The Hall–Kier alpha value is -1.75. The van der Waals surface area contributed by atoms with E-state index in [2.05, 4.69) is 97.1 Å². The van der Waals surface area contributed by atoms with Crippen LogP contribution in [0.25, 0.3) is 22.0 Å². The summed E-state index contributed by atoms with van der Waals surface area (Å²) in [6, 6.07) is 15.7. The highest BCUT2D eigenvalue weighted by molar-refractivity contribution is 7.95. The summed E-state index contributed by atoms with van der Waals surface area (Å²) in [4.78, 5) is 0. The molecule has 0 radical (unpaired) electrons. The van der Waals surface area contributed by atoms with Gasteiger partial charge >= 0.3 is 0 Å². The minimum absolute atomic E-state index is 0.624. The van der Waals surface area contributed by atoms with Crippen LogP contribution in [0.3, 0.4) is 0 Å². The van der Waals surface area contributed by atoms with E-state index < -0.39 is 0 Å². The molecule has 3 aromatic rings. The second-order valence-corrected chi connectivity index (χ2v) is 9.05. The molecular formula is C23H31N3S. The lowest BCUT2D eigenvalue weighted by Crippen LogP contribution is -2.15. The minimum atomic E-state index is 0.624. The molecular weight excluding hydrogens is 350 g/mol. The van der Waals surface area contributed by atoms with Crippen LogP contribution in [0.1, 0.15) is 25.0 Å². The molecule has 0 aliphatic heterocycles. The van der Waals surface area contributed by atoms with Crippen LogP contribution in [0, 0.1) is 12.8 Å². The molecule has 0 unspecified atom stereocenters. The monoisotopic (exact) mass is 381 g/mol. The summed E-state index contributed by atoms with van der Waals surface area (Å²) < 4.78 is 7.94. The molecule has 0 aliphatic carbocycles. The molecule has 27 heavy (non-hydrogen) atoms. The van der Waals surface area contributed by atoms with Gasteiger partial charge in [0.25, 0.3) is 0 Å². The van der Waals surface area contributed by atoms with E-state index in [9.17, 15) is 0 Å². The van der Waals surface area contributed by atoms with Gasteiger partial charge in [0.05, 0.1) is 0 Å². The molecule has 0 bridgehead atoms. The molecule has 0 spiro atoms.